The molecule has 2 rings (SSSR count). The minimum atomic E-state index is -4.29. The second-order valence-electron chi connectivity index (χ2n) is 4.66. The predicted octanol–water partition coefficient (Wildman–Crippen LogP) is 3.16. The van der Waals surface area contributed by atoms with Crippen molar-refractivity contribution >= 4 is 17.5 Å². The van der Waals surface area contributed by atoms with E-state index in [0.29, 0.717) is 16.3 Å². The lowest BCUT2D eigenvalue weighted by molar-refractivity contribution is -0.154. The summed E-state index contributed by atoms with van der Waals surface area (Å²) in [6.45, 7) is 0.111. The first kappa shape index (κ1) is 15.0. The normalized spacial score (nSPS) is 21.4. The van der Waals surface area contributed by atoms with E-state index in [0.717, 1.165) is 0 Å². The molecule has 0 spiro atoms. The molecule has 0 saturated heterocycles. The van der Waals surface area contributed by atoms with Gasteiger partial charge in [-0.3, -0.25) is 4.79 Å². The van der Waals surface area contributed by atoms with Crippen molar-refractivity contribution in [1.29, 1.82) is 0 Å². The summed E-state index contributed by atoms with van der Waals surface area (Å²) in [5.74, 6) is -2.56. The Morgan fingerprint density at radius 1 is 1.50 bits per heavy atom. The molecule has 1 aliphatic rings. The van der Waals surface area contributed by atoms with Crippen LogP contribution in [0.2, 0.25) is 5.02 Å². The fraction of sp³-hybridized carbons (Fsp3) is 0.462. The number of halogens is 4. The Kier molecular flexibility index (Phi) is 4.13. The summed E-state index contributed by atoms with van der Waals surface area (Å²) in [4.78, 5) is 11.6. The van der Waals surface area contributed by atoms with Crippen molar-refractivity contribution in [3.8, 4) is 5.75 Å². The Hall–Kier alpha value is -1.43. The van der Waals surface area contributed by atoms with E-state index < -0.39 is 23.9 Å². The van der Waals surface area contributed by atoms with Crippen LogP contribution in [0.3, 0.4) is 0 Å². The Labute approximate surface area is 119 Å². The lowest BCUT2D eigenvalue weighted by atomic mass is 10.2. The molecule has 1 amide bonds. The van der Waals surface area contributed by atoms with E-state index in [9.17, 15) is 18.0 Å². The van der Waals surface area contributed by atoms with Crippen LogP contribution in [0.25, 0.3) is 0 Å². The van der Waals surface area contributed by atoms with Crippen molar-refractivity contribution in [2.75, 3.05) is 7.11 Å². The molecule has 1 aliphatic carbocycles. The van der Waals surface area contributed by atoms with Crippen LogP contribution in [0, 0.1) is 11.8 Å². The number of carbonyl (C=O) groups is 1. The molecule has 0 unspecified atom stereocenters. The monoisotopic (exact) mass is 307 g/mol. The highest BCUT2D eigenvalue weighted by Crippen LogP contribution is 2.50. The summed E-state index contributed by atoms with van der Waals surface area (Å²) in [5, 5.41) is 2.98. The highest BCUT2D eigenvalue weighted by molar-refractivity contribution is 6.30. The lowest BCUT2D eigenvalue weighted by Crippen LogP contribution is -2.27. The summed E-state index contributed by atoms with van der Waals surface area (Å²) in [5.41, 5.74) is 0.662. The van der Waals surface area contributed by atoms with E-state index >= 15 is 0 Å². The molecule has 110 valence electrons. The topological polar surface area (TPSA) is 38.3 Å². The third-order valence-corrected chi connectivity index (χ3v) is 3.48. The number of amides is 1. The van der Waals surface area contributed by atoms with Gasteiger partial charge in [0, 0.05) is 17.1 Å². The van der Waals surface area contributed by atoms with E-state index in [-0.39, 0.29) is 13.0 Å². The van der Waals surface area contributed by atoms with Gasteiger partial charge in [0.2, 0.25) is 5.91 Å². The van der Waals surface area contributed by atoms with Gasteiger partial charge in [-0.15, -0.1) is 0 Å². The van der Waals surface area contributed by atoms with Gasteiger partial charge in [-0.25, -0.2) is 0 Å². The number of benzene rings is 1. The van der Waals surface area contributed by atoms with E-state index in [2.05, 4.69) is 5.32 Å². The van der Waals surface area contributed by atoms with Gasteiger partial charge < -0.3 is 10.1 Å². The van der Waals surface area contributed by atoms with Crippen LogP contribution >= 0.6 is 11.6 Å². The van der Waals surface area contributed by atoms with Crippen molar-refractivity contribution in [2.24, 2.45) is 11.8 Å². The van der Waals surface area contributed by atoms with Crippen LogP contribution in [-0.4, -0.2) is 19.2 Å². The summed E-state index contributed by atoms with van der Waals surface area (Å²) in [6, 6.07) is 4.87. The van der Waals surface area contributed by atoms with Crippen LogP contribution < -0.4 is 10.1 Å². The van der Waals surface area contributed by atoms with Gasteiger partial charge in [-0.1, -0.05) is 17.7 Å². The number of rotatable bonds is 4. The molecule has 3 nitrogen and oxygen atoms in total. The van der Waals surface area contributed by atoms with Gasteiger partial charge in [0.25, 0.3) is 0 Å². The number of carbonyl (C=O) groups excluding carboxylic acids is 1. The van der Waals surface area contributed by atoms with E-state index in [4.69, 9.17) is 16.3 Å². The molecule has 1 aromatic carbocycles. The smallest absolute Gasteiger partial charge is 0.392 e. The largest absolute Gasteiger partial charge is 0.496 e. The number of ether oxygens (including phenoxy) is 1. The van der Waals surface area contributed by atoms with Crippen molar-refractivity contribution in [2.45, 2.75) is 19.1 Å². The van der Waals surface area contributed by atoms with Gasteiger partial charge in [-0.05, 0) is 18.6 Å². The van der Waals surface area contributed by atoms with E-state index in [1.807, 2.05) is 0 Å². The molecule has 0 heterocycles. The van der Waals surface area contributed by atoms with Crippen molar-refractivity contribution in [1.82, 2.24) is 5.32 Å². The van der Waals surface area contributed by atoms with Gasteiger partial charge in [0.15, 0.2) is 0 Å². The quantitative estimate of drug-likeness (QED) is 0.928. The summed E-state index contributed by atoms with van der Waals surface area (Å²) in [6.07, 6.45) is -4.42. The molecule has 2 atom stereocenters. The third kappa shape index (κ3) is 3.36. The van der Waals surface area contributed by atoms with Gasteiger partial charge in [0.1, 0.15) is 5.75 Å². The van der Waals surface area contributed by atoms with Crippen LogP contribution in [0.5, 0.6) is 5.75 Å². The molecule has 7 heteroatoms. The summed E-state index contributed by atoms with van der Waals surface area (Å²) >= 11 is 5.80. The first-order valence-electron chi connectivity index (χ1n) is 5.99. The van der Waals surface area contributed by atoms with Gasteiger partial charge >= 0.3 is 6.18 Å². The zero-order valence-corrected chi connectivity index (χ0v) is 11.4. The SMILES string of the molecule is COc1cc(Cl)ccc1CNC(=O)[C@H]1C[C@@H]1C(F)(F)F. The lowest BCUT2D eigenvalue weighted by Gasteiger charge is -2.10. The zero-order valence-electron chi connectivity index (χ0n) is 10.6. The van der Waals surface area contributed by atoms with Gasteiger partial charge in [0.05, 0.1) is 18.9 Å². The fourth-order valence-electron chi connectivity index (χ4n) is 2.02. The molecule has 0 aliphatic heterocycles. The average Bonchev–Trinajstić information content (AvgIpc) is 3.16. The van der Waals surface area contributed by atoms with Crippen LogP contribution in [-0.2, 0) is 11.3 Å². The van der Waals surface area contributed by atoms with Crippen molar-refractivity contribution in [3.05, 3.63) is 28.8 Å². The fourth-order valence-corrected chi connectivity index (χ4v) is 2.19. The Morgan fingerprint density at radius 3 is 2.75 bits per heavy atom. The van der Waals surface area contributed by atoms with Crippen molar-refractivity contribution < 1.29 is 22.7 Å². The number of nitrogens with one attached hydrogen (secondary N) is 1. The highest BCUT2D eigenvalue weighted by atomic mass is 35.5. The molecule has 1 saturated carbocycles. The molecule has 1 fully saturated rings. The van der Waals surface area contributed by atoms with Crippen LogP contribution in [0.1, 0.15) is 12.0 Å². The Bertz CT molecular complexity index is 519. The number of hydrogen-bond donors (Lipinski definition) is 1. The number of alkyl halides is 3. The second kappa shape index (κ2) is 5.52. The maximum absolute atomic E-state index is 12.4. The maximum atomic E-state index is 12.4. The minimum absolute atomic E-state index is 0.111. The Morgan fingerprint density at radius 2 is 2.20 bits per heavy atom. The molecule has 0 bridgehead atoms. The molecule has 0 aromatic heterocycles. The van der Waals surface area contributed by atoms with E-state index in [1.165, 1.54) is 7.11 Å². The zero-order chi connectivity index (χ0) is 14.9. The molecule has 1 aromatic rings. The first-order valence-corrected chi connectivity index (χ1v) is 6.37. The summed E-state index contributed by atoms with van der Waals surface area (Å²) in [7, 11) is 1.46. The molecule has 0 radical (unpaired) electrons. The third-order valence-electron chi connectivity index (χ3n) is 3.25. The number of methoxy groups -OCH3 is 1. The second-order valence-corrected chi connectivity index (χ2v) is 5.10. The van der Waals surface area contributed by atoms with Gasteiger partial charge in [-0.2, -0.15) is 13.2 Å². The van der Waals surface area contributed by atoms with E-state index in [1.54, 1.807) is 18.2 Å². The molecule has 1 N–H and O–H groups in total. The number of hydrogen-bond acceptors (Lipinski definition) is 2. The first-order chi connectivity index (χ1) is 9.32. The maximum Gasteiger partial charge on any atom is 0.392 e. The van der Waals surface area contributed by atoms with Crippen LogP contribution in [0.15, 0.2) is 18.2 Å². The molecule has 20 heavy (non-hydrogen) atoms. The van der Waals surface area contributed by atoms with Crippen molar-refractivity contribution in [3.63, 3.8) is 0 Å². The standard InChI is InChI=1S/C13H13ClF3NO2/c1-20-11-4-8(14)3-2-7(11)6-18-12(19)9-5-10(9)13(15,16)17/h2-4,9-10H,5-6H2,1H3,(H,18,19)/t9-,10-/m0/s1. The average molecular weight is 308 g/mol. The molecular formula is C13H13ClF3NO2. The highest BCUT2D eigenvalue weighted by Gasteiger charge is 2.58. The Balaban J connectivity index is 1.92. The molecular weight excluding hydrogens is 295 g/mol. The van der Waals surface area contributed by atoms with Crippen LogP contribution in [0.4, 0.5) is 13.2 Å². The summed E-state index contributed by atoms with van der Waals surface area (Å²) < 4.78 is 42.2. The predicted molar refractivity (Wildman–Crippen MR) is 67.5 cm³/mol. The minimum Gasteiger partial charge on any atom is -0.496 e.